The van der Waals surface area contributed by atoms with Crippen molar-refractivity contribution >= 4 is 16.0 Å². The first-order chi connectivity index (χ1) is 8.31. The van der Waals surface area contributed by atoms with Gasteiger partial charge in [0, 0.05) is 6.04 Å². The molecule has 98 valence electrons. The molecule has 1 aliphatic rings. The summed E-state index contributed by atoms with van der Waals surface area (Å²) < 4.78 is 26.8. The van der Waals surface area contributed by atoms with Crippen molar-refractivity contribution < 1.29 is 18.3 Å². The summed E-state index contributed by atoms with van der Waals surface area (Å²) in [6.45, 7) is 3.39. The van der Waals surface area contributed by atoms with Crippen LogP contribution in [0.2, 0.25) is 0 Å². The Bertz CT molecular complexity index is 603. The summed E-state index contributed by atoms with van der Waals surface area (Å²) in [5, 5.41) is 8.97. The lowest BCUT2D eigenvalue weighted by atomic mass is 10.1. The summed E-state index contributed by atoms with van der Waals surface area (Å²) in [5.74, 6) is -1.12. The van der Waals surface area contributed by atoms with Gasteiger partial charge in [0.25, 0.3) is 0 Å². The average Bonchev–Trinajstić information content (AvgIpc) is 3.04. The van der Waals surface area contributed by atoms with E-state index in [0.717, 1.165) is 12.8 Å². The predicted molar refractivity (Wildman–Crippen MR) is 66.2 cm³/mol. The molecule has 0 aromatic heterocycles. The maximum Gasteiger partial charge on any atom is 0.335 e. The lowest BCUT2D eigenvalue weighted by molar-refractivity contribution is 0.0696. The van der Waals surface area contributed by atoms with Crippen LogP contribution in [0.15, 0.2) is 17.0 Å². The van der Waals surface area contributed by atoms with E-state index < -0.39 is 16.0 Å². The molecule has 0 radical (unpaired) electrons. The van der Waals surface area contributed by atoms with E-state index in [2.05, 4.69) is 4.72 Å². The zero-order valence-corrected chi connectivity index (χ0v) is 11.0. The molecule has 0 spiro atoms. The third-order valence-corrected chi connectivity index (χ3v) is 4.70. The molecule has 1 fully saturated rings. The maximum atomic E-state index is 12.1. The second-order valence-electron chi connectivity index (χ2n) is 4.62. The van der Waals surface area contributed by atoms with Crippen molar-refractivity contribution in [3.05, 3.63) is 28.8 Å². The van der Waals surface area contributed by atoms with Crippen molar-refractivity contribution in [3.63, 3.8) is 0 Å². The van der Waals surface area contributed by atoms with Gasteiger partial charge in [-0.2, -0.15) is 0 Å². The van der Waals surface area contributed by atoms with Crippen molar-refractivity contribution in [2.75, 3.05) is 0 Å². The molecule has 1 aromatic carbocycles. The molecule has 0 bridgehead atoms. The number of carbonyl (C=O) groups is 1. The number of carboxylic acid groups (broad SMARTS) is 1. The molecule has 0 atom stereocenters. The molecule has 1 saturated carbocycles. The number of rotatable bonds is 4. The normalized spacial score (nSPS) is 15.7. The van der Waals surface area contributed by atoms with Gasteiger partial charge in [0.05, 0.1) is 10.5 Å². The van der Waals surface area contributed by atoms with Crippen LogP contribution in [-0.2, 0) is 10.0 Å². The van der Waals surface area contributed by atoms with Crippen LogP contribution in [0.5, 0.6) is 0 Å². The number of hydrogen-bond donors (Lipinski definition) is 2. The SMILES string of the molecule is Cc1cc(C(=O)O)cc(S(=O)(=O)NC2CC2)c1C. The van der Waals surface area contributed by atoms with E-state index in [-0.39, 0.29) is 16.5 Å². The highest BCUT2D eigenvalue weighted by atomic mass is 32.2. The second-order valence-corrected chi connectivity index (χ2v) is 6.30. The van der Waals surface area contributed by atoms with Crippen LogP contribution in [0.25, 0.3) is 0 Å². The van der Waals surface area contributed by atoms with Gasteiger partial charge in [-0.25, -0.2) is 17.9 Å². The van der Waals surface area contributed by atoms with Gasteiger partial charge in [0.1, 0.15) is 0 Å². The highest BCUT2D eigenvalue weighted by molar-refractivity contribution is 7.89. The first kappa shape index (κ1) is 13.0. The van der Waals surface area contributed by atoms with E-state index in [1.807, 2.05) is 0 Å². The van der Waals surface area contributed by atoms with Crippen LogP contribution in [0.1, 0.15) is 34.3 Å². The van der Waals surface area contributed by atoms with Gasteiger partial charge in [-0.05, 0) is 49.9 Å². The Balaban J connectivity index is 2.51. The Labute approximate surface area is 106 Å². The molecule has 0 heterocycles. The number of carboxylic acids is 1. The number of sulfonamides is 1. The van der Waals surface area contributed by atoms with Crippen LogP contribution in [-0.4, -0.2) is 25.5 Å². The molecule has 1 aliphatic carbocycles. The minimum absolute atomic E-state index is 0.00295. The molecule has 0 unspecified atom stereocenters. The van der Waals surface area contributed by atoms with Gasteiger partial charge in [-0.15, -0.1) is 0 Å². The Morgan fingerprint density at radius 1 is 1.33 bits per heavy atom. The molecule has 18 heavy (non-hydrogen) atoms. The summed E-state index contributed by atoms with van der Waals surface area (Å²) in [4.78, 5) is 11.0. The fourth-order valence-electron chi connectivity index (χ4n) is 1.71. The number of hydrogen-bond acceptors (Lipinski definition) is 3. The van der Waals surface area contributed by atoms with E-state index in [4.69, 9.17) is 5.11 Å². The van der Waals surface area contributed by atoms with Crippen LogP contribution < -0.4 is 4.72 Å². The van der Waals surface area contributed by atoms with Crippen molar-refractivity contribution in [2.24, 2.45) is 0 Å². The summed E-state index contributed by atoms with van der Waals surface area (Å²) in [6, 6.07) is 2.70. The van der Waals surface area contributed by atoms with Crippen molar-refractivity contribution in [1.82, 2.24) is 4.72 Å². The summed E-state index contributed by atoms with van der Waals surface area (Å²) in [6.07, 6.45) is 1.69. The van der Waals surface area contributed by atoms with Gasteiger partial charge in [0.2, 0.25) is 10.0 Å². The maximum absolute atomic E-state index is 12.1. The molecule has 0 saturated heterocycles. The highest BCUT2D eigenvalue weighted by Gasteiger charge is 2.29. The second kappa shape index (κ2) is 4.37. The molecule has 5 nitrogen and oxygen atoms in total. The van der Waals surface area contributed by atoms with Gasteiger partial charge in [-0.3, -0.25) is 0 Å². The Hall–Kier alpha value is -1.40. The van der Waals surface area contributed by atoms with Crippen LogP contribution in [0.4, 0.5) is 0 Å². The number of aryl methyl sites for hydroxylation is 1. The van der Waals surface area contributed by atoms with Gasteiger partial charge in [0.15, 0.2) is 0 Å². The van der Waals surface area contributed by atoms with Crippen LogP contribution in [0, 0.1) is 13.8 Å². The predicted octanol–water partition coefficient (Wildman–Crippen LogP) is 1.44. The zero-order valence-electron chi connectivity index (χ0n) is 10.2. The molecule has 2 rings (SSSR count). The minimum Gasteiger partial charge on any atom is -0.478 e. The molecular weight excluding hydrogens is 254 g/mol. The van der Waals surface area contributed by atoms with E-state index in [1.165, 1.54) is 12.1 Å². The van der Waals surface area contributed by atoms with Gasteiger partial charge in [-0.1, -0.05) is 0 Å². The van der Waals surface area contributed by atoms with Crippen molar-refractivity contribution in [2.45, 2.75) is 37.6 Å². The summed E-state index contributed by atoms with van der Waals surface area (Å²) in [5.41, 5.74) is 1.24. The zero-order chi connectivity index (χ0) is 13.5. The van der Waals surface area contributed by atoms with Gasteiger partial charge < -0.3 is 5.11 Å². The van der Waals surface area contributed by atoms with E-state index in [0.29, 0.717) is 11.1 Å². The van der Waals surface area contributed by atoms with Crippen molar-refractivity contribution in [3.8, 4) is 0 Å². The fraction of sp³-hybridized carbons (Fsp3) is 0.417. The van der Waals surface area contributed by atoms with Gasteiger partial charge >= 0.3 is 5.97 Å². The molecule has 0 amide bonds. The molecule has 0 aliphatic heterocycles. The summed E-state index contributed by atoms with van der Waals surface area (Å²) >= 11 is 0. The van der Waals surface area contributed by atoms with Crippen LogP contribution >= 0.6 is 0 Å². The largest absolute Gasteiger partial charge is 0.478 e. The van der Waals surface area contributed by atoms with E-state index >= 15 is 0 Å². The third-order valence-electron chi connectivity index (χ3n) is 3.06. The van der Waals surface area contributed by atoms with E-state index in [9.17, 15) is 13.2 Å². The topological polar surface area (TPSA) is 83.5 Å². The smallest absolute Gasteiger partial charge is 0.335 e. The lowest BCUT2D eigenvalue weighted by Crippen LogP contribution is -2.26. The molecule has 6 heteroatoms. The number of nitrogens with one attached hydrogen (secondary N) is 1. The molecule has 1 aromatic rings. The fourth-order valence-corrected chi connectivity index (χ4v) is 3.36. The first-order valence-electron chi connectivity index (χ1n) is 5.68. The molecule has 2 N–H and O–H groups in total. The first-order valence-corrected chi connectivity index (χ1v) is 7.16. The summed E-state index contributed by atoms with van der Waals surface area (Å²) in [7, 11) is -3.62. The minimum atomic E-state index is -3.62. The lowest BCUT2D eigenvalue weighted by Gasteiger charge is -2.11. The Kier molecular flexibility index (Phi) is 3.16. The molecular formula is C12H15NO4S. The highest BCUT2D eigenvalue weighted by Crippen LogP contribution is 2.25. The number of aromatic carboxylic acids is 1. The monoisotopic (exact) mass is 269 g/mol. The Morgan fingerprint density at radius 3 is 2.44 bits per heavy atom. The quantitative estimate of drug-likeness (QED) is 0.866. The van der Waals surface area contributed by atoms with Crippen molar-refractivity contribution in [1.29, 1.82) is 0 Å². The van der Waals surface area contributed by atoms with E-state index in [1.54, 1.807) is 13.8 Å². The van der Waals surface area contributed by atoms with Crippen LogP contribution in [0.3, 0.4) is 0 Å². The Morgan fingerprint density at radius 2 is 1.94 bits per heavy atom. The third kappa shape index (κ3) is 2.54. The average molecular weight is 269 g/mol. The standard InChI is InChI=1S/C12H15NO4S/c1-7-5-9(12(14)15)6-11(8(7)2)18(16,17)13-10-3-4-10/h5-6,10,13H,3-4H2,1-2H3,(H,14,15). The number of benzene rings is 1.